The van der Waals surface area contributed by atoms with Gasteiger partial charge in [-0.15, -0.1) is 0 Å². The number of nitrogens with one attached hydrogen (secondary N) is 1. The molecule has 1 N–H and O–H groups in total. The molecule has 1 aromatic heterocycles. The summed E-state index contributed by atoms with van der Waals surface area (Å²) >= 11 is 3.46. The number of nitrogens with zero attached hydrogens (tertiary/aromatic N) is 2. The normalized spacial score (nSPS) is 21.1. The number of pyridine rings is 1. The topological polar surface area (TPSA) is 37.4 Å². The maximum absolute atomic E-state index is 5.66. The summed E-state index contributed by atoms with van der Waals surface area (Å²) in [5.41, 5.74) is 0. The Morgan fingerprint density at radius 1 is 1.69 bits per heavy atom. The summed E-state index contributed by atoms with van der Waals surface area (Å²) in [5.74, 6) is 1.01. The monoisotopic (exact) mass is 285 g/mol. The van der Waals surface area contributed by atoms with Gasteiger partial charge in [-0.1, -0.05) is 15.9 Å². The summed E-state index contributed by atoms with van der Waals surface area (Å²) in [6.45, 7) is 3.44. The van der Waals surface area contributed by atoms with Gasteiger partial charge in [0.25, 0.3) is 0 Å². The zero-order valence-corrected chi connectivity index (χ0v) is 10.9. The van der Waals surface area contributed by atoms with Crippen molar-refractivity contribution in [3.63, 3.8) is 0 Å². The summed E-state index contributed by atoms with van der Waals surface area (Å²) in [6, 6.07) is 3.98. The van der Waals surface area contributed by atoms with Crippen LogP contribution < -0.4 is 10.2 Å². The molecular formula is C11H16BrN3O. The molecule has 2 heterocycles. The second-order valence-electron chi connectivity index (χ2n) is 3.83. The van der Waals surface area contributed by atoms with Crippen LogP contribution in [0.15, 0.2) is 22.8 Å². The van der Waals surface area contributed by atoms with Gasteiger partial charge < -0.3 is 15.0 Å². The van der Waals surface area contributed by atoms with E-state index in [9.17, 15) is 0 Å². The zero-order chi connectivity index (χ0) is 11.4. The van der Waals surface area contributed by atoms with Crippen molar-refractivity contribution in [2.24, 2.45) is 0 Å². The Morgan fingerprint density at radius 2 is 2.56 bits per heavy atom. The van der Waals surface area contributed by atoms with E-state index in [4.69, 9.17) is 4.74 Å². The molecule has 1 aliphatic rings. The second kappa shape index (κ2) is 5.61. The van der Waals surface area contributed by atoms with Crippen LogP contribution in [-0.2, 0) is 4.74 Å². The Kier molecular flexibility index (Phi) is 4.15. The lowest BCUT2D eigenvalue weighted by Crippen LogP contribution is -2.46. The molecule has 1 aliphatic heterocycles. The molecule has 1 aromatic rings. The highest BCUT2D eigenvalue weighted by molar-refractivity contribution is 9.10. The van der Waals surface area contributed by atoms with E-state index in [1.165, 1.54) is 0 Å². The highest BCUT2D eigenvalue weighted by Gasteiger charge is 2.20. The number of halogens is 1. The number of likely N-dealkylation sites (N-methyl/N-ethyl adjacent to an activating group) is 1. The lowest BCUT2D eigenvalue weighted by Gasteiger charge is -2.33. The van der Waals surface area contributed by atoms with Gasteiger partial charge in [-0.25, -0.2) is 4.98 Å². The van der Waals surface area contributed by atoms with Gasteiger partial charge in [0.1, 0.15) is 5.82 Å². The highest BCUT2D eigenvalue weighted by Crippen LogP contribution is 2.19. The molecule has 88 valence electrons. The highest BCUT2D eigenvalue weighted by atomic mass is 79.9. The van der Waals surface area contributed by atoms with Crippen molar-refractivity contribution in [1.29, 1.82) is 0 Å². The molecule has 16 heavy (non-hydrogen) atoms. The Balaban J connectivity index is 2.03. The first kappa shape index (κ1) is 11.8. The van der Waals surface area contributed by atoms with E-state index in [-0.39, 0.29) is 6.10 Å². The molecule has 0 radical (unpaired) electrons. The van der Waals surface area contributed by atoms with Crippen molar-refractivity contribution in [1.82, 2.24) is 10.3 Å². The Morgan fingerprint density at radius 3 is 3.31 bits per heavy atom. The number of hydrogen-bond acceptors (Lipinski definition) is 4. The molecule has 4 nitrogen and oxygen atoms in total. The molecule has 5 heteroatoms. The molecule has 0 amide bonds. The number of anilines is 1. The van der Waals surface area contributed by atoms with E-state index in [2.05, 4.69) is 31.1 Å². The fourth-order valence-electron chi connectivity index (χ4n) is 1.85. The SMILES string of the molecule is CNC[C@@H]1CN(c2cc(Br)ccn2)CCO1. The molecule has 0 saturated carbocycles. The van der Waals surface area contributed by atoms with Crippen molar-refractivity contribution in [2.45, 2.75) is 6.10 Å². The van der Waals surface area contributed by atoms with Gasteiger partial charge in [-0.3, -0.25) is 0 Å². The third-order valence-electron chi connectivity index (χ3n) is 2.60. The standard InChI is InChI=1S/C11H16BrN3O/c1-13-7-10-8-15(4-5-16-10)11-6-9(12)2-3-14-11/h2-3,6,10,13H,4-5,7-8H2,1H3/t10-/m1/s1. The maximum atomic E-state index is 5.66. The minimum absolute atomic E-state index is 0.250. The van der Waals surface area contributed by atoms with Crippen molar-refractivity contribution in [3.8, 4) is 0 Å². The predicted octanol–water partition coefficient (Wildman–Crippen LogP) is 1.27. The first-order valence-electron chi connectivity index (χ1n) is 5.42. The minimum Gasteiger partial charge on any atom is -0.373 e. The average molecular weight is 286 g/mol. The largest absolute Gasteiger partial charge is 0.373 e. The van der Waals surface area contributed by atoms with Crippen molar-refractivity contribution in [3.05, 3.63) is 22.8 Å². The van der Waals surface area contributed by atoms with Gasteiger partial charge in [-0.05, 0) is 19.2 Å². The first-order chi connectivity index (χ1) is 7.79. The van der Waals surface area contributed by atoms with Crippen LogP contribution in [0, 0.1) is 0 Å². The zero-order valence-electron chi connectivity index (χ0n) is 9.32. The molecule has 0 unspecified atom stereocenters. The van der Waals surface area contributed by atoms with E-state index in [0.29, 0.717) is 0 Å². The molecule has 2 rings (SSSR count). The smallest absolute Gasteiger partial charge is 0.129 e. The van der Waals surface area contributed by atoms with E-state index >= 15 is 0 Å². The summed E-state index contributed by atoms with van der Waals surface area (Å²) in [6.07, 6.45) is 2.07. The molecule has 1 fully saturated rings. The lowest BCUT2D eigenvalue weighted by atomic mass is 10.2. The van der Waals surface area contributed by atoms with Crippen LogP contribution >= 0.6 is 15.9 Å². The van der Waals surface area contributed by atoms with E-state index in [1.807, 2.05) is 25.4 Å². The second-order valence-corrected chi connectivity index (χ2v) is 4.74. The Labute approximate surface area is 104 Å². The van der Waals surface area contributed by atoms with Gasteiger partial charge in [0, 0.05) is 30.3 Å². The first-order valence-corrected chi connectivity index (χ1v) is 6.21. The number of ether oxygens (including phenoxy) is 1. The minimum atomic E-state index is 0.250. The predicted molar refractivity (Wildman–Crippen MR) is 67.8 cm³/mol. The quantitative estimate of drug-likeness (QED) is 0.908. The molecule has 0 bridgehead atoms. The Bertz CT molecular complexity index is 346. The van der Waals surface area contributed by atoms with Crippen molar-refractivity contribution < 1.29 is 4.74 Å². The van der Waals surface area contributed by atoms with Gasteiger partial charge >= 0.3 is 0 Å². The number of hydrogen-bond donors (Lipinski definition) is 1. The molecule has 0 aromatic carbocycles. The van der Waals surface area contributed by atoms with Gasteiger partial charge in [0.2, 0.25) is 0 Å². The molecule has 1 saturated heterocycles. The maximum Gasteiger partial charge on any atom is 0.129 e. The number of aromatic nitrogens is 1. The van der Waals surface area contributed by atoms with Crippen LogP contribution in [0.25, 0.3) is 0 Å². The summed E-state index contributed by atoms with van der Waals surface area (Å²) in [7, 11) is 1.94. The van der Waals surface area contributed by atoms with Crippen LogP contribution in [0.4, 0.5) is 5.82 Å². The molecule has 0 spiro atoms. The molecule has 1 atom stereocenters. The van der Waals surface area contributed by atoms with Gasteiger partial charge in [-0.2, -0.15) is 0 Å². The average Bonchev–Trinajstić information content (AvgIpc) is 2.30. The van der Waals surface area contributed by atoms with E-state index < -0.39 is 0 Å². The fourth-order valence-corrected chi connectivity index (χ4v) is 2.17. The van der Waals surface area contributed by atoms with Crippen LogP contribution in [0.3, 0.4) is 0 Å². The van der Waals surface area contributed by atoms with Crippen molar-refractivity contribution >= 4 is 21.7 Å². The van der Waals surface area contributed by atoms with E-state index in [0.717, 1.165) is 36.5 Å². The van der Waals surface area contributed by atoms with Crippen LogP contribution in [-0.4, -0.2) is 44.4 Å². The van der Waals surface area contributed by atoms with Crippen molar-refractivity contribution in [2.75, 3.05) is 38.2 Å². The fraction of sp³-hybridized carbons (Fsp3) is 0.545. The third kappa shape index (κ3) is 2.93. The van der Waals surface area contributed by atoms with E-state index in [1.54, 1.807) is 0 Å². The van der Waals surface area contributed by atoms with Gasteiger partial charge in [0.15, 0.2) is 0 Å². The molecule has 0 aliphatic carbocycles. The summed E-state index contributed by atoms with van der Waals surface area (Å²) < 4.78 is 6.72. The lowest BCUT2D eigenvalue weighted by molar-refractivity contribution is 0.0419. The molecular weight excluding hydrogens is 270 g/mol. The van der Waals surface area contributed by atoms with Gasteiger partial charge in [0.05, 0.1) is 12.7 Å². The van der Waals surface area contributed by atoms with Crippen LogP contribution in [0.2, 0.25) is 0 Å². The Hall–Kier alpha value is -0.650. The van der Waals surface area contributed by atoms with Crippen LogP contribution in [0.1, 0.15) is 0 Å². The summed E-state index contributed by atoms with van der Waals surface area (Å²) in [5, 5.41) is 3.14. The number of rotatable bonds is 3. The summed E-state index contributed by atoms with van der Waals surface area (Å²) in [4.78, 5) is 6.64. The number of morpholine rings is 1. The third-order valence-corrected chi connectivity index (χ3v) is 3.10. The van der Waals surface area contributed by atoms with Crippen LogP contribution in [0.5, 0.6) is 0 Å².